The summed E-state index contributed by atoms with van der Waals surface area (Å²) in [5.74, 6) is 0. The van der Waals surface area contributed by atoms with Crippen molar-refractivity contribution in [1.29, 1.82) is 0 Å². The summed E-state index contributed by atoms with van der Waals surface area (Å²) in [6.45, 7) is 2.71. The molecule has 0 N–H and O–H groups in total. The molecule has 31 heavy (non-hydrogen) atoms. The van der Waals surface area contributed by atoms with E-state index in [1.807, 2.05) is 13.8 Å². The molecule has 0 aromatic heterocycles. The van der Waals surface area contributed by atoms with Crippen LogP contribution in [0.3, 0.4) is 0 Å². The Labute approximate surface area is 194 Å². The molecule has 0 aliphatic carbocycles. The van der Waals surface area contributed by atoms with Gasteiger partial charge < -0.3 is 0 Å². The first-order chi connectivity index (χ1) is 15.1. The number of hydrogen-bond acceptors (Lipinski definition) is 4. The van der Waals surface area contributed by atoms with E-state index in [1.54, 1.807) is 0 Å². The van der Waals surface area contributed by atoms with Gasteiger partial charge in [-0.3, -0.25) is 0 Å². The third-order valence-electron chi connectivity index (χ3n) is 5.32. The van der Waals surface area contributed by atoms with E-state index < -0.39 is 20.0 Å². The molecule has 0 unspecified atom stereocenters. The van der Waals surface area contributed by atoms with Gasteiger partial charge >= 0.3 is 195 Å². The predicted octanol–water partition coefficient (Wildman–Crippen LogP) is 4.86. The van der Waals surface area contributed by atoms with Crippen LogP contribution in [0.4, 0.5) is 0 Å². The predicted molar refractivity (Wildman–Crippen MR) is 137 cm³/mol. The number of benzene rings is 3. The van der Waals surface area contributed by atoms with Gasteiger partial charge in [0.1, 0.15) is 0 Å². The molecule has 0 aliphatic rings. The summed E-state index contributed by atoms with van der Waals surface area (Å²) in [5.41, 5.74) is 0. The van der Waals surface area contributed by atoms with Gasteiger partial charge in [-0.15, -0.1) is 0 Å². The van der Waals surface area contributed by atoms with E-state index in [-0.39, 0.29) is 0 Å². The SMILES string of the molecule is CCOP(=S)(OCC)OCC[CH2][Ge]([c]1ccccc1)([c]1ccccc1)[c]1ccccc1. The van der Waals surface area contributed by atoms with Crippen molar-refractivity contribution in [3.8, 4) is 0 Å². The van der Waals surface area contributed by atoms with Crippen molar-refractivity contribution in [3.63, 3.8) is 0 Å². The molecule has 0 atom stereocenters. The summed E-state index contributed by atoms with van der Waals surface area (Å²) in [6, 6.07) is 33.0. The van der Waals surface area contributed by atoms with Crippen LogP contribution in [-0.2, 0) is 25.4 Å². The second-order valence-corrected chi connectivity index (χ2v) is 18.7. The maximum absolute atomic E-state index is 6.02. The van der Waals surface area contributed by atoms with Crippen LogP contribution in [0.15, 0.2) is 91.0 Å². The summed E-state index contributed by atoms with van der Waals surface area (Å²) >= 11 is 2.62. The van der Waals surface area contributed by atoms with Crippen molar-refractivity contribution in [2.75, 3.05) is 19.8 Å². The first kappa shape index (κ1) is 24.4. The summed E-state index contributed by atoms with van der Waals surface area (Å²) in [6.07, 6.45) is 0.900. The Kier molecular flexibility index (Phi) is 9.52. The molecule has 3 aromatic carbocycles. The Balaban J connectivity index is 1.94. The molecule has 0 saturated heterocycles. The molecule has 3 nitrogen and oxygen atoms in total. The minimum atomic E-state index is -2.92. The molecule has 0 bridgehead atoms. The summed E-state index contributed by atoms with van der Waals surface area (Å²) in [5, 5.41) is 1.06. The number of hydrogen-bond donors (Lipinski definition) is 0. The van der Waals surface area contributed by atoms with Gasteiger partial charge in [-0.1, -0.05) is 0 Å². The zero-order valence-corrected chi connectivity index (χ0v) is 22.1. The van der Waals surface area contributed by atoms with Crippen molar-refractivity contribution < 1.29 is 13.6 Å². The average Bonchev–Trinajstić information content (AvgIpc) is 2.81. The molecule has 164 valence electrons. The van der Waals surface area contributed by atoms with E-state index in [9.17, 15) is 0 Å². The van der Waals surface area contributed by atoms with Crippen molar-refractivity contribution >= 4 is 45.0 Å². The van der Waals surface area contributed by atoms with E-state index in [2.05, 4.69) is 91.0 Å². The van der Waals surface area contributed by atoms with Crippen LogP contribution in [-0.4, -0.2) is 33.1 Å². The number of rotatable bonds is 12. The van der Waals surface area contributed by atoms with Gasteiger partial charge in [-0.05, 0) is 0 Å². The fraction of sp³-hybridized carbons (Fsp3) is 0.280. The normalized spacial score (nSPS) is 12.1. The first-order valence-electron chi connectivity index (χ1n) is 10.8. The molecule has 0 spiro atoms. The minimum absolute atomic E-state index is 0.497. The van der Waals surface area contributed by atoms with E-state index in [0.29, 0.717) is 19.8 Å². The van der Waals surface area contributed by atoms with Gasteiger partial charge in [0.2, 0.25) is 0 Å². The van der Waals surface area contributed by atoms with E-state index >= 15 is 0 Å². The zero-order valence-electron chi connectivity index (χ0n) is 18.3. The van der Waals surface area contributed by atoms with Crippen LogP contribution in [0.1, 0.15) is 20.3 Å². The van der Waals surface area contributed by atoms with Crippen LogP contribution in [0.2, 0.25) is 5.25 Å². The van der Waals surface area contributed by atoms with Gasteiger partial charge in [0, 0.05) is 0 Å². The molecule has 3 aromatic rings. The molecular formula is C25H31GeO3PS. The topological polar surface area (TPSA) is 27.7 Å². The van der Waals surface area contributed by atoms with Gasteiger partial charge in [0.15, 0.2) is 0 Å². The summed E-state index contributed by atoms with van der Waals surface area (Å²) < 4.78 is 21.7. The monoisotopic (exact) mass is 516 g/mol. The molecule has 0 amide bonds. The first-order valence-corrected chi connectivity index (χ1v) is 18.0. The third kappa shape index (κ3) is 6.16. The van der Waals surface area contributed by atoms with Gasteiger partial charge in [-0.25, -0.2) is 0 Å². The molecule has 3 rings (SSSR count). The molecule has 0 aliphatic heterocycles. The Bertz CT molecular complexity index is 848. The standard InChI is InChI=1S/C25H31GeO3PS/c1-3-27-30(31,28-4-2)29-22-14-21-26(23-15-8-5-9-16-23,24-17-10-6-11-18-24)25-19-12-7-13-20-25/h5-13,15-20H,3-4,14,21-22H2,1-2H3. The van der Waals surface area contributed by atoms with Crippen LogP contribution >= 0.6 is 6.72 Å². The van der Waals surface area contributed by atoms with Crippen LogP contribution in [0.25, 0.3) is 0 Å². The fourth-order valence-electron chi connectivity index (χ4n) is 4.04. The van der Waals surface area contributed by atoms with Crippen LogP contribution in [0, 0.1) is 0 Å². The summed E-state index contributed by atoms with van der Waals surface area (Å²) in [7, 11) is 0. The van der Waals surface area contributed by atoms with Gasteiger partial charge in [0.05, 0.1) is 0 Å². The zero-order chi connectivity index (χ0) is 22.0. The Morgan fingerprint density at radius 1 is 0.645 bits per heavy atom. The van der Waals surface area contributed by atoms with Gasteiger partial charge in [0.25, 0.3) is 0 Å². The molecular weight excluding hydrogens is 484 g/mol. The Hall–Kier alpha value is -1.27. The van der Waals surface area contributed by atoms with Crippen LogP contribution < -0.4 is 13.2 Å². The van der Waals surface area contributed by atoms with E-state index in [1.165, 1.54) is 13.2 Å². The van der Waals surface area contributed by atoms with E-state index in [4.69, 9.17) is 25.4 Å². The maximum atomic E-state index is 6.02. The quantitative estimate of drug-likeness (QED) is 0.196. The molecule has 0 heterocycles. The fourth-order valence-corrected chi connectivity index (χ4v) is 16.2. The molecule has 0 saturated carbocycles. The Morgan fingerprint density at radius 3 is 1.39 bits per heavy atom. The third-order valence-corrected chi connectivity index (χ3v) is 18.5. The molecule has 0 fully saturated rings. The van der Waals surface area contributed by atoms with Crippen molar-refractivity contribution in [2.24, 2.45) is 0 Å². The molecule has 6 heteroatoms. The Morgan fingerprint density at radius 2 is 1.03 bits per heavy atom. The van der Waals surface area contributed by atoms with Crippen molar-refractivity contribution in [1.82, 2.24) is 0 Å². The second kappa shape index (κ2) is 12.1. The average molecular weight is 515 g/mol. The van der Waals surface area contributed by atoms with Crippen molar-refractivity contribution in [3.05, 3.63) is 91.0 Å². The summed E-state index contributed by atoms with van der Waals surface area (Å²) in [4.78, 5) is 0. The second-order valence-electron chi connectivity index (χ2n) is 7.22. The van der Waals surface area contributed by atoms with Crippen molar-refractivity contribution in [2.45, 2.75) is 25.5 Å². The van der Waals surface area contributed by atoms with Crippen LogP contribution in [0.5, 0.6) is 0 Å². The molecule has 0 radical (unpaired) electrons. The van der Waals surface area contributed by atoms with E-state index in [0.717, 1.165) is 11.7 Å². The van der Waals surface area contributed by atoms with Gasteiger partial charge in [-0.2, -0.15) is 0 Å².